The minimum absolute atomic E-state index is 0.144. The molecule has 6 nitrogen and oxygen atoms in total. The second-order valence-corrected chi connectivity index (χ2v) is 5.11. The summed E-state index contributed by atoms with van der Waals surface area (Å²) in [6, 6.07) is 10.6. The lowest BCUT2D eigenvalue weighted by Crippen LogP contribution is -2.20. The molecule has 2 aromatic rings. The third-order valence-electron chi connectivity index (χ3n) is 3.28. The Morgan fingerprint density at radius 2 is 1.88 bits per heavy atom. The Labute approximate surface area is 142 Å². The van der Waals surface area contributed by atoms with Gasteiger partial charge in [-0.2, -0.15) is 0 Å². The predicted molar refractivity (Wildman–Crippen MR) is 87.6 cm³/mol. The molecule has 25 heavy (non-hydrogen) atoms. The van der Waals surface area contributed by atoms with Gasteiger partial charge in [0.05, 0.1) is 0 Å². The summed E-state index contributed by atoms with van der Waals surface area (Å²) in [5.74, 6) is -0.375. The lowest BCUT2D eigenvalue weighted by Gasteiger charge is -2.06. The molecule has 0 atom stereocenters. The van der Waals surface area contributed by atoms with E-state index in [1.165, 1.54) is 36.4 Å². The molecule has 0 spiro atoms. The van der Waals surface area contributed by atoms with Gasteiger partial charge in [-0.15, -0.1) is 0 Å². The number of amides is 1. The first-order valence-electron chi connectivity index (χ1n) is 7.40. The van der Waals surface area contributed by atoms with E-state index in [9.17, 15) is 14.0 Å². The maximum Gasteiger partial charge on any atom is 0.331 e. The van der Waals surface area contributed by atoms with Crippen molar-refractivity contribution in [1.29, 1.82) is 0 Å². The minimum atomic E-state index is -0.676. The molecule has 0 aliphatic carbocycles. The fourth-order valence-corrected chi connectivity index (χ4v) is 2.09. The van der Waals surface area contributed by atoms with Gasteiger partial charge in [0.25, 0.3) is 5.91 Å². The molecule has 0 unspecified atom stereocenters. The molecule has 0 bridgehead atoms. The first kappa shape index (κ1) is 16.5. The highest BCUT2D eigenvalue weighted by molar-refractivity contribution is 5.94. The van der Waals surface area contributed by atoms with Gasteiger partial charge in [-0.1, -0.05) is 12.1 Å². The molecule has 1 heterocycles. The van der Waals surface area contributed by atoms with Gasteiger partial charge < -0.3 is 19.5 Å². The standard InChI is InChI=1S/C18H14FNO5/c19-13-4-1-12(2-5-13)3-8-18(22)23-10-17(21)20-14-6-7-15-16(9-14)25-11-24-15/h1-9H,10-11H2,(H,20,21)/b8-3+. The van der Waals surface area contributed by atoms with Crippen LogP contribution < -0.4 is 14.8 Å². The number of ether oxygens (including phenoxy) is 3. The Hall–Kier alpha value is -3.35. The number of fused-ring (bicyclic) bond motifs is 1. The van der Waals surface area contributed by atoms with Crippen molar-refractivity contribution in [2.45, 2.75) is 0 Å². The highest BCUT2D eigenvalue weighted by Gasteiger charge is 2.14. The van der Waals surface area contributed by atoms with Crippen molar-refractivity contribution < 1.29 is 28.2 Å². The fourth-order valence-electron chi connectivity index (χ4n) is 2.09. The van der Waals surface area contributed by atoms with Gasteiger partial charge >= 0.3 is 5.97 Å². The van der Waals surface area contributed by atoms with Crippen molar-refractivity contribution in [2.24, 2.45) is 0 Å². The smallest absolute Gasteiger partial charge is 0.331 e. The molecule has 7 heteroatoms. The number of rotatable bonds is 5. The van der Waals surface area contributed by atoms with Crippen LogP contribution in [-0.4, -0.2) is 25.3 Å². The quantitative estimate of drug-likeness (QED) is 0.667. The number of benzene rings is 2. The Morgan fingerprint density at radius 1 is 1.12 bits per heavy atom. The summed E-state index contributed by atoms with van der Waals surface area (Å²) in [5.41, 5.74) is 1.15. The summed E-state index contributed by atoms with van der Waals surface area (Å²) in [6.07, 6.45) is 2.64. The van der Waals surface area contributed by atoms with E-state index in [1.54, 1.807) is 18.2 Å². The monoisotopic (exact) mass is 343 g/mol. The highest BCUT2D eigenvalue weighted by atomic mass is 19.1. The van der Waals surface area contributed by atoms with Crippen LogP contribution in [0.3, 0.4) is 0 Å². The number of esters is 1. The van der Waals surface area contributed by atoms with Gasteiger partial charge in [-0.25, -0.2) is 9.18 Å². The van der Waals surface area contributed by atoms with Gasteiger partial charge in [0.1, 0.15) is 5.82 Å². The third kappa shape index (κ3) is 4.57. The van der Waals surface area contributed by atoms with Crippen LogP contribution in [-0.2, 0) is 14.3 Å². The average Bonchev–Trinajstić information content (AvgIpc) is 3.07. The number of carbonyl (C=O) groups is 2. The van der Waals surface area contributed by atoms with E-state index in [4.69, 9.17) is 14.2 Å². The predicted octanol–water partition coefficient (Wildman–Crippen LogP) is 2.75. The van der Waals surface area contributed by atoms with Crippen LogP contribution >= 0.6 is 0 Å². The molecule has 2 aromatic carbocycles. The van der Waals surface area contributed by atoms with E-state index in [-0.39, 0.29) is 12.6 Å². The van der Waals surface area contributed by atoms with Gasteiger partial charge in [0, 0.05) is 17.8 Å². The van der Waals surface area contributed by atoms with E-state index in [0.717, 1.165) is 0 Å². The Kier molecular flexibility index (Phi) is 4.94. The molecule has 3 rings (SSSR count). The van der Waals surface area contributed by atoms with Crippen LogP contribution in [0.15, 0.2) is 48.5 Å². The van der Waals surface area contributed by atoms with Gasteiger partial charge in [0.2, 0.25) is 6.79 Å². The van der Waals surface area contributed by atoms with Crippen molar-refractivity contribution >= 4 is 23.6 Å². The van der Waals surface area contributed by atoms with Crippen molar-refractivity contribution in [1.82, 2.24) is 0 Å². The maximum absolute atomic E-state index is 12.8. The molecule has 0 saturated heterocycles. The normalized spacial score (nSPS) is 12.2. The lowest BCUT2D eigenvalue weighted by atomic mass is 10.2. The van der Waals surface area contributed by atoms with Crippen LogP contribution in [0.4, 0.5) is 10.1 Å². The van der Waals surface area contributed by atoms with Crippen molar-refractivity contribution in [3.05, 3.63) is 59.9 Å². The SMILES string of the molecule is O=C(COC(=O)/C=C/c1ccc(F)cc1)Nc1ccc2c(c1)OCO2. The summed E-state index contributed by atoms with van der Waals surface area (Å²) in [5, 5.41) is 2.59. The number of anilines is 1. The fraction of sp³-hybridized carbons (Fsp3) is 0.111. The molecule has 128 valence electrons. The van der Waals surface area contributed by atoms with E-state index in [1.807, 2.05) is 0 Å². The molecule has 1 N–H and O–H groups in total. The molecule has 0 saturated carbocycles. The van der Waals surface area contributed by atoms with E-state index >= 15 is 0 Å². The molecule has 0 fully saturated rings. The average molecular weight is 343 g/mol. The Morgan fingerprint density at radius 3 is 2.68 bits per heavy atom. The van der Waals surface area contributed by atoms with E-state index in [2.05, 4.69) is 5.32 Å². The summed E-state index contributed by atoms with van der Waals surface area (Å²) >= 11 is 0. The number of halogens is 1. The summed E-state index contributed by atoms with van der Waals surface area (Å²) in [7, 11) is 0. The largest absolute Gasteiger partial charge is 0.454 e. The second-order valence-electron chi connectivity index (χ2n) is 5.11. The Balaban J connectivity index is 1.47. The van der Waals surface area contributed by atoms with Crippen LogP contribution in [0.2, 0.25) is 0 Å². The molecule has 1 aliphatic heterocycles. The zero-order valence-corrected chi connectivity index (χ0v) is 13.0. The number of nitrogens with one attached hydrogen (secondary N) is 1. The summed E-state index contributed by atoms with van der Waals surface area (Å²) < 4.78 is 28.0. The van der Waals surface area contributed by atoms with E-state index in [0.29, 0.717) is 22.7 Å². The van der Waals surface area contributed by atoms with Crippen LogP contribution in [0.5, 0.6) is 11.5 Å². The van der Waals surface area contributed by atoms with E-state index < -0.39 is 18.5 Å². The van der Waals surface area contributed by atoms with Gasteiger partial charge in [-0.3, -0.25) is 4.79 Å². The number of hydrogen-bond acceptors (Lipinski definition) is 5. The minimum Gasteiger partial charge on any atom is -0.454 e. The zero-order valence-electron chi connectivity index (χ0n) is 13.0. The Bertz CT molecular complexity index is 817. The van der Waals surface area contributed by atoms with Crippen molar-refractivity contribution in [2.75, 3.05) is 18.7 Å². The van der Waals surface area contributed by atoms with Crippen LogP contribution in [0, 0.1) is 5.82 Å². The summed E-state index contributed by atoms with van der Waals surface area (Å²) in [6.45, 7) is -0.286. The molecule has 1 amide bonds. The third-order valence-corrected chi connectivity index (χ3v) is 3.28. The van der Waals surface area contributed by atoms with Crippen LogP contribution in [0.1, 0.15) is 5.56 Å². The van der Waals surface area contributed by atoms with Gasteiger partial charge in [0.15, 0.2) is 18.1 Å². The van der Waals surface area contributed by atoms with Crippen molar-refractivity contribution in [3.8, 4) is 11.5 Å². The lowest BCUT2D eigenvalue weighted by molar-refractivity contribution is -0.142. The first-order valence-corrected chi connectivity index (χ1v) is 7.40. The molecule has 0 radical (unpaired) electrons. The molecular weight excluding hydrogens is 329 g/mol. The zero-order chi connectivity index (χ0) is 17.6. The second kappa shape index (κ2) is 7.48. The molecular formula is C18H14FNO5. The van der Waals surface area contributed by atoms with Crippen molar-refractivity contribution in [3.63, 3.8) is 0 Å². The first-order chi connectivity index (χ1) is 12.1. The number of carbonyl (C=O) groups excluding carboxylic acids is 2. The topological polar surface area (TPSA) is 73.9 Å². The highest BCUT2D eigenvalue weighted by Crippen LogP contribution is 2.34. The molecule has 1 aliphatic rings. The van der Waals surface area contributed by atoms with Crippen LogP contribution in [0.25, 0.3) is 6.08 Å². The maximum atomic E-state index is 12.8. The summed E-state index contributed by atoms with van der Waals surface area (Å²) in [4.78, 5) is 23.4. The molecule has 0 aromatic heterocycles. The van der Waals surface area contributed by atoms with Gasteiger partial charge in [-0.05, 0) is 35.9 Å². The number of hydrogen-bond donors (Lipinski definition) is 1.